The van der Waals surface area contributed by atoms with Gasteiger partial charge in [0.25, 0.3) is 5.69 Å². The number of nitro groups is 1. The highest BCUT2D eigenvalue weighted by atomic mass is 79.9. The number of nitrogen functional groups attached to an aromatic ring is 1. The van der Waals surface area contributed by atoms with Crippen molar-refractivity contribution in [2.45, 2.75) is 6.92 Å². The van der Waals surface area contributed by atoms with E-state index in [0.29, 0.717) is 5.71 Å². The summed E-state index contributed by atoms with van der Waals surface area (Å²) >= 11 is 3.35. The molecule has 21 heavy (non-hydrogen) atoms. The fraction of sp³-hybridized carbons (Fsp3) is 0.0714. The number of benzene rings is 2. The number of oxime groups is 1. The van der Waals surface area contributed by atoms with Gasteiger partial charge >= 0.3 is 0 Å². The van der Waals surface area contributed by atoms with E-state index in [4.69, 9.17) is 10.6 Å². The van der Waals surface area contributed by atoms with Crippen molar-refractivity contribution in [3.05, 3.63) is 62.6 Å². The van der Waals surface area contributed by atoms with Crippen LogP contribution in [0.2, 0.25) is 0 Å². The van der Waals surface area contributed by atoms with Crippen LogP contribution in [0, 0.1) is 10.1 Å². The van der Waals surface area contributed by atoms with Crippen molar-refractivity contribution in [2.75, 3.05) is 5.73 Å². The zero-order chi connectivity index (χ0) is 15.4. The lowest BCUT2D eigenvalue weighted by molar-refractivity contribution is -0.384. The summed E-state index contributed by atoms with van der Waals surface area (Å²) in [6.07, 6.45) is 0. The van der Waals surface area contributed by atoms with E-state index in [0.717, 1.165) is 10.0 Å². The van der Waals surface area contributed by atoms with Gasteiger partial charge in [-0.15, -0.1) is 0 Å². The number of nitrogens with two attached hydrogens (primary N) is 1. The van der Waals surface area contributed by atoms with E-state index in [1.807, 2.05) is 24.3 Å². The lowest BCUT2D eigenvalue weighted by Crippen LogP contribution is -1.98. The third kappa shape index (κ3) is 4.03. The number of hydrogen-bond acceptors (Lipinski definition) is 5. The molecule has 0 radical (unpaired) electrons. The minimum absolute atomic E-state index is 0.138. The summed E-state index contributed by atoms with van der Waals surface area (Å²) in [7, 11) is 0. The SMILES string of the molecule is C/C(=N\Oc1cc(N)cc([N+](=O)[O-])c1)c1ccc(Br)cc1. The molecule has 0 atom stereocenters. The number of anilines is 1. The van der Waals surface area contributed by atoms with Gasteiger partial charge < -0.3 is 10.6 Å². The summed E-state index contributed by atoms with van der Waals surface area (Å²) in [5.41, 5.74) is 7.23. The molecule has 0 saturated carbocycles. The normalized spacial score (nSPS) is 11.2. The van der Waals surface area contributed by atoms with Gasteiger partial charge in [0.05, 0.1) is 16.7 Å². The molecular formula is C14H12BrN3O3. The molecule has 0 saturated heterocycles. The van der Waals surface area contributed by atoms with Crippen molar-refractivity contribution in [1.29, 1.82) is 0 Å². The third-order valence-electron chi connectivity index (χ3n) is 2.67. The van der Waals surface area contributed by atoms with E-state index < -0.39 is 4.92 Å². The average molecular weight is 350 g/mol. The summed E-state index contributed by atoms with van der Waals surface area (Å²) in [4.78, 5) is 15.4. The van der Waals surface area contributed by atoms with Crippen molar-refractivity contribution >= 4 is 33.0 Å². The molecule has 7 heteroatoms. The van der Waals surface area contributed by atoms with Crippen LogP contribution in [0.5, 0.6) is 5.75 Å². The summed E-state index contributed by atoms with van der Waals surface area (Å²) < 4.78 is 0.964. The minimum Gasteiger partial charge on any atom is -0.398 e. The molecule has 2 aromatic rings. The Morgan fingerprint density at radius 2 is 1.95 bits per heavy atom. The number of nitro benzene ring substituents is 1. The Balaban J connectivity index is 2.20. The second kappa shape index (κ2) is 6.36. The van der Waals surface area contributed by atoms with Crippen LogP contribution in [-0.2, 0) is 0 Å². The first-order valence-corrected chi connectivity index (χ1v) is 6.77. The van der Waals surface area contributed by atoms with E-state index in [-0.39, 0.29) is 17.1 Å². The third-order valence-corrected chi connectivity index (χ3v) is 3.20. The largest absolute Gasteiger partial charge is 0.398 e. The van der Waals surface area contributed by atoms with Crippen LogP contribution in [0.4, 0.5) is 11.4 Å². The second-order valence-electron chi connectivity index (χ2n) is 4.29. The molecule has 0 aliphatic rings. The van der Waals surface area contributed by atoms with E-state index in [2.05, 4.69) is 21.1 Å². The monoisotopic (exact) mass is 349 g/mol. The molecule has 2 aromatic carbocycles. The molecular weight excluding hydrogens is 338 g/mol. The zero-order valence-electron chi connectivity index (χ0n) is 11.1. The van der Waals surface area contributed by atoms with E-state index in [9.17, 15) is 10.1 Å². The molecule has 0 aliphatic carbocycles. The van der Waals surface area contributed by atoms with Gasteiger partial charge in [0, 0.05) is 22.3 Å². The second-order valence-corrected chi connectivity index (χ2v) is 5.21. The maximum atomic E-state index is 10.8. The zero-order valence-corrected chi connectivity index (χ0v) is 12.7. The lowest BCUT2D eigenvalue weighted by Gasteiger charge is -2.03. The number of non-ortho nitro benzene ring substituents is 1. The van der Waals surface area contributed by atoms with Crippen molar-refractivity contribution in [3.8, 4) is 5.75 Å². The smallest absolute Gasteiger partial charge is 0.275 e. The minimum atomic E-state index is -0.533. The van der Waals surface area contributed by atoms with E-state index in [1.54, 1.807) is 6.92 Å². The van der Waals surface area contributed by atoms with Crippen LogP contribution in [0.25, 0.3) is 0 Å². The Hall–Kier alpha value is -2.41. The predicted octanol–water partition coefficient (Wildman–Crippen LogP) is 3.74. The lowest BCUT2D eigenvalue weighted by atomic mass is 10.1. The number of halogens is 1. The first kappa shape index (κ1) is 15.0. The summed E-state index contributed by atoms with van der Waals surface area (Å²) in [6, 6.07) is 11.6. The van der Waals surface area contributed by atoms with Crippen molar-refractivity contribution < 1.29 is 9.76 Å². The molecule has 0 spiro atoms. The van der Waals surface area contributed by atoms with E-state index in [1.165, 1.54) is 18.2 Å². The maximum absolute atomic E-state index is 10.8. The number of hydrogen-bond donors (Lipinski definition) is 1. The molecule has 0 aliphatic heterocycles. The molecule has 0 fully saturated rings. The topological polar surface area (TPSA) is 90.8 Å². The fourth-order valence-electron chi connectivity index (χ4n) is 1.63. The average Bonchev–Trinajstić information content (AvgIpc) is 2.45. The highest BCUT2D eigenvalue weighted by Gasteiger charge is 2.09. The molecule has 2 N–H and O–H groups in total. The van der Waals surface area contributed by atoms with Gasteiger partial charge in [-0.25, -0.2) is 0 Å². The van der Waals surface area contributed by atoms with Crippen LogP contribution in [0.3, 0.4) is 0 Å². The summed E-state index contributed by atoms with van der Waals surface area (Å²) in [5, 5.41) is 14.7. The van der Waals surface area contributed by atoms with Crippen molar-refractivity contribution in [1.82, 2.24) is 0 Å². The van der Waals surface area contributed by atoms with E-state index >= 15 is 0 Å². The van der Waals surface area contributed by atoms with Gasteiger partial charge in [-0.05, 0) is 24.6 Å². The first-order valence-electron chi connectivity index (χ1n) is 5.98. The summed E-state index contributed by atoms with van der Waals surface area (Å²) in [6.45, 7) is 1.78. The predicted molar refractivity (Wildman–Crippen MR) is 84.5 cm³/mol. The fourth-order valence-corrected chi connectivity index (χ4v) is 1.89. The van der Waals surface area contributed by atoms with Gasteiger partial charge in [-0.2, -0.15) is 0 Å². The maximum Gasteiger partial charge on any atom is 0.275 e. The Morgan fingerprint density at radius 3 is 2.57 bits per heavy atom. The van der Waals surface area contributed by atoms with Crippen LogP contribution in [-0.4, -0.2) is 10.6 Å². The van der Waals surface area contributed by atoms with Gasteiger partial charge in [-0.1, -0.05) is 33.2 Å². The van der Waals surface area contributed by atoms with Gasteiger partial charge in [0.2, 0.25) is 0 Å². The molecule has 2 rings (SSSR count). The molecule has 0 aromatic heterocycles. The molecule has 6 nitrogen and oxygen atoms in total. The van der Waals surface area contributed by atoms with Crippen LogP contribution >= 0.6 is 15.9 Å². The van der Waals surface area contributed by atoms with Gasteiger partial charge in [0.15, 0.2) is 5.75 Å². The molecule has 0 heterocycles. The Bertz CT molecular complexity index is 699. The first-order chi connectivity index (χ1) is 9.95. The summed E-state index contributed by atoms with van der Waals surface area (Å²) in [5.74, 6) is 0.221. The molecule has 0 unspecified atom stereocenters. The van der Waals surface area contributed by atoms with Crippen LogP contribution in [0.1, 0.15) is 12.5 Å². The number of rotatable bonds is 4. The van der Waals surface area contributed by atoms with Gasteiger partial charge in [-0.3, -0.25) is 10.1 Å². The highest BCUT2D eigenvalue weighted by molar-refractivity contribution is 9.10. The van der Waals surface area contributed by atoms with Crippen LogP contribution in [0.15, 0.2) is 52.1 Å². The Kier molecular flexibility index (Phi) is 4.54. The van der Waals surface area contributed by atoms with Crippen LogP contribution < -0.4 is 10.6 Å². The van der Waals surface area contributed by atoms with Crippen molar-refractivity contribution in [3.63, 3.8) is 0 Å². The molecule has 0 amide bonds. The highest BCUT2D eigenvalue weighted by Crippen LogP contribution is 2.24. The number of nitrogens with zero attached hydrogens (tertiary/aromatic N) is 2. The molecule has 108 valence electrons. The van der Waals surface area contributed by atoms with Gasteiger partial charge in [0.1, 0.15) is 0 Å². The standard InChI is InChI=1S/C14H12BrN3O3/c1-9(10-2-4-11(15)5-3-10)17-21-14-7-12(16)6-13(8-14)18(19)20/h2-8H,16H2,1H3/b17-9+. The molecule has 0 bridgehead atoms. The quantitative estimate of drug-likeness (QED) is 0.394. The van der Waals surface area contributed by atoms with Crippen molar-refractivity contribution in [2.24, 2.45) is 5.16 Å². The Morgan fingerprint density at radius 1 is 1.29 bits per heavy atom. The Labute approximate surface area is 129 Å².